The lowest BCUT2D eigenvalue weighted by Gasteiger charge is -2.19. The summed E-state index contributed by atoms with van der Waals surface area (Å²) in [5.74, 6) is -1.66. The molecule has 0 saturated carbocycles. The SMILES string of the molecule is Cn1ccnc1[C@H](NC(=O)c1ccc(F)cc1F)c1ccccc1. The van der Waals surface area contributed by atoms with Crippen LogP contribution in [0.1, 0.15) is 27.8 Å². The molecule has 1 N–H and O–H groups in total. The van der Waals surface area contributed by atoms with Crippen molar-refractivity contribution in [1.82, 2.24) is 14.9 Å². The summed E-state index contributed by atoms with van der Waals surface area (Å²) in [7, 11) is 1.81. The van der Waals surface area contributed by atoms with Crippen LogP contribution in [0.5, 0.6) is 0 Å². The van der Waals surface area contributed by atoms with Crippen LogP contribution < -0.4 is 5.32 Å². The van der Waals surface area contributed by atoms with Gasteiger partial charge >= 0.3 is 0 Å². The number of aromatic nitrogens is 2. The van der Waals surface area contributed by atoms with Crippen LogP contribution in [-0.4, -0.2) is 15.5 Å². The minimum absolute atomic E-state index is 0.216. The fraction of sp³-hybridized carbons (Fsp3) is 0.111. The van der Waals surface area contributed by atoms with E-state index in [-0.39, 0.29) is 5.56 Å². The molecule has 1 atom stereocenters. The van der Waals surface area contributed by atoms with Crippen LogP contribution in [0.3, 0.4) is 0 Å². The Bertz CT molecular complexity index is 862. The van der Waals surface area contributed by atoms with Crippen molar-refractivity contribution < 1.29 is 13.6 Å². The van der Waals surface area contributed by atoms with Crippen LogP contribution in [0.4, 0.5) is 8.78 Å². The number of aryl methyl sites for hydroxylation is 1. The summed E-state index contributed by atoms with van der Waals surface area (Å²) < 4.78 is 28.7. The number of halogens is 2. The van der Waals surface area contributed by atoms with Crippen LogP contribution in [0.2, 0.25) is 0 Å². The molecule has 0 saturated heterocycles. The lowest BCUT2D eigenvalue weighted by molar-refractivity contribution is 0.0937. The number of amides is 1. The van der Waals surface area contributed by atoms with Crippen LogP contribution in [0.15, 0.2) is 60.9 Å². The summed E-state index contributed by atoms with van der Waals surface area (Å²) in [5, 5.41) is 2.77. The highest BCUT2D eigenvalue weighted by atomic mass is 19.1. The molecule has 0 unspecified atom stereocenters. The molecule has 6 heteroatoms. The Morgan fingerprint density at radius 2 is 1.92 bits per heavy atom. The zero-order chi connectivity index (χ0) is 17.1. The Labute approximate surface area is 137 Å². The molecule has 0 aliphatic heterocycles. The molecule has 1 amide bonds. The van der Waals surface area contributed by atoms with Crippen LogP contribution in [0, 0.1) is 11.6 Å². The lowest BCUT2D eigenvalue weighted by atomic mass is 10.1. The van der Waals surface area contributed by atoms with E-state index >= 15 is 0 Å². The van der Waals surface area contributed by atoms with Gasteiger partial charge in [0.1, 0.15) is 23.5 Å². The molecule has 1 heterocycles. The predicted molar refractivity (Wildman–Crippen MR) is 85.3 cm³/mol. The van der Waals surface area contributed by atoms with Crippen molar-refractivity contribution in [1.29, 1.82) is 0 Å². The summed E-state index contributed by atoms with van der Waals surface area (Å²) in [5.41, 5.74) is 0.592. The molecule has 24 heavy (non-hydrogen) atoms. The number of carbonyl (C=O) groups is 1. The zero-order valence-corrected chi connectivity index (χ0v) is 12.9. The van der Waals surface area contributed by atoms with E-state index in [0.29, 0.717) is 11.9 Å². The van der Waals surface area contributed by atoms with Gasteiger partial charge in [0.25, 0.3) is 5.91 Å². The molecule has 3 aromatic rings. The van der Waals surface area contributed by atoms with Gasteiger partial charge < -0.3 is 9.88 Å². The highest BCUT2D eigenvalue weighted by Crippen LogP contribution is 2.21. The summed E-state index contributed by atoms with van der Waals surface area (Å²) in [6.45, 7) is 0. The molecule has 0 spiro atoms. The summed E-state index contributed by atoms with van der Waals surface area (Å²) in [6.07, 6.45) is 3.38. The number of benzene rings is 2. The quantitative estimate of drug-likeness (QED) is 0.800. The van der Waals surface area contributed by atoms with Gasteiger partial charge in [0, 0.05) is 25.5 Å². The maximum atomic E-state index is 13.9. The Hall–Kier alpha value is -3.02. The van der Waals surface area contributed by atoms with Crippen molar-refractivity contribution in [2.45, 2.75) is 6.04 Å². The third kappa shape index (κ3) is 3.17. The molecular formula is C18H15F2N3O. The smallest absolute Gasteiger partial charge is 0.255 e. The van der Waals surface area contributed by atoms with Crippen molar-refractivity contribution in [3.05, 3.63) is 89.5 Å². The predicted octanol–water partition coefficient (Wildman–Crippen LogP) is 3.22. The van der Waals surface area contributed by atoms with Crippen molar-refractivity contribution in [3.8, 4) is 0 Å². The van der Waals surface area contributed by atoms with Gasteiger partial charge in [-0.3, -0.25) is 4.79 Å². The molecule has 1 aromatic heterocycles. The largest absolute Gasteiger partial charge is 0.338 e. The summed E-state index contributed by atoms with van der Waals surface area (Å²) in [4.78, 5) is 16.7. The summed E-state index contributed by atoms with van der Waals surface area (Å²) >= 11 is 0. The number of hydrogen-bond acceptors (Lipinski definition) is 2. The number of nitrogens with zero attached hydrogens (tertiary/aromatic N) is 2. The first kappa shape index (κ1) is 15.9. The van der Waals surface area contributed by atoms with Crippen molar-refractivity contribution in [3.63, 3.8) is 0 Å². The monoisotopic (exact) mass is 327 g/mol. The fourth-order valence-corrected chi connectivity index (χ4v) is 2.48. The minimum Gasteiger partial charge on any atom is -0.338 e. The van der Waals surface area contributed by atoms with E-state index in [9.17, 15) is 13.6 Å². The second-order valence-electron chi connectivity index (χ2n) is 5.34. The molecule has 0 radical (unpaired) electrons. The van der Waals surface area contributed by atoms with Crippen molar-refractivity contribution >= 4 is 5.91 Å². The van der Waals surface area contributed by atoms with Gasteiger partial charge in [-0.05, 0) is 17.7 Å². The van der Waals surface area contributed by atoms with E-state index in [1.54, 1.807) is 17.0 Å². The van der Waals surface area contributed by atoms with E-state index in [4.69, 9.17) is 0 Å². The van der Waals surface area contributed by atoms with E-state index in [0.717, 1.165) is 17.7 Å². The molecule has 0 fully saturated rings. The highest BCUT2D eigenvalue weighted by Gasteiger charge is 2.22. The van der Waals surface area contributed by atoms with Crippen LogP contribution in [0.25, 0.3) is 0 Å². The second-order valence-corrected chi connectivity index (χ2v) is 5.34. The molecular weight excluding hydrogens is 312 g/mol. The molecule has 0 aliphatic carbocycles. The lowest BCUT2D eigenvalue weighted by Crippen LogP contribution is -2.31. The molecule has 2 aromatic carbocycles. The normalized spacial score (nSPS) is 12.0. The van der Waals surface area contributed by atoms with Crippen molar-refractivity contribution in [2.24, 2.45) is 7.05 Å². The topological polar surface area (TPSA) is 46.9 Å². The average Bonchev–Trinajstić information content (AvgIpc) is 2.99. The number of rotatable bonds is 4. The molecule has 3 rings (SSSR count). The second kappa shape index (κ2) is 6.62. The first-order valence-corrected chi connectivity index (χ1v) is 7.34. The van der Waals surface area contributed by atoms with E-state index in [1.165, 1.54) is 0 Å². The van der Waals surface area contributed by atoms with E-state index < -0.39 is 23.6 Å². The Kier molecular flexibility index (Phi) is 4.37. The Morgan fingerprint density at radius 1 is 1.17 bits per heavy atom. The minimum atomic E-state index is -0.904. The number of nitrogens with one attached hydrogen (secondary N) is 1. The van der Waals surface area contributed by atoms with Crippen LogP contribution >= 0.6 is 0 Å². The number of hydrogen-bond donors (Lipinski definition) is 1. The first-order valence-electron chi connectivity index (χ1n) is 7.34. The van der Waals surface area contributed by atoms with Gasteiger partial charge in [-0.15, -0.1) is 0 Å². The standard InChI is InChI=1S/C18H15F2N3O/c1-23-10-9-21-17(23)16(12-5-3-2-4-6-12)22-18(24)14-8-7-13(19)11-15(14)20/h2-11,16H,1H3,(H,22,24)/t16-/m1/s1. The number of imidazole rings is 1. The van der Waals surface area contributed by atoms with Gasteiger partial charge in [-0.25, -0.2) is 13.8 Å². The molecule has 4 nitrogen and oxygen atoms in total. The van der Waals surface area contributed by atoms with Gasteiger partial charge in [0.2, 0.25) is 0 Å². The Balaban J connectivity index is 1.95. The van der Waals surface area contributed by atoms with Gasteiger partial charge in [0.15, 0.2) is 0 Å². The van der Waals surface area contributed by atoms with Gasteiger partial charge in [-0.2, -0.15) is 0 Å². The number of carbonyl (C=O) groups excluding carboxylic acids is 1. The fourth-order valence-electron chi connectivity index (χ4n) is 2.48. The third-order valence-electron chi connectivity index (χ3n) is 3.70. The van der Waals surface area contributed by atoms with Gasteiger partial charge in [0.05, 0.1) is 5.56 Å². The first-order chi connectivity index (χ1) is 11.6. The maximum absolute atomic E-state index is 13.9. The highest BCUT2D eigenvalue weighted by molar-refractivity contribution is 5.94. The molecule has 122 valence electrons. The molecule has 0 bridgehead atoms. The van der Waals surface area contributed by atoms with E-state index in [2.05, 4.69) is 10.3 Å². The summed E-state index contributed by atoms with van der Waals surface area (Å²) in [6, 6.07) is 11.6. The van der Waals surface area contributed by atoms with Crippen LogP contribution in [-0.2, 0) is 7.05 Å². The van der Waals surface area contributed by atoms with E-state index in [1.807, 2.05) is 37.4 Å². The third-order valence-corrected chi connectivity index (χ3v) is 3.70. The maximum Gasteiger partial charge on any atom is 0.255 e. The Morgan fingerprint density at radius 3 is 2.54 bits per heavy atom. The average molecular weight is 327 g/mol. The van der Waals surface area contributed by atoms with Gasteiger partial charge in [-0.1, -0.05) is 30.3 Å². The van der Waals surface area contributed by atoms with Crippen molar-refractivity contribution in [2.75, 3.05) is 0 Å². The zero-order valence-electron chi connectivity index (χ0n) is 12.9. The molecule has 0 aliphatic rings.